The second-order valence-corrected chi connectivity index (χ2v) is 5.97. The molecule has 1 heterocycles. The zero-order valence-electron chi connectivity index (χ0n) is 10.8. The van der Waals surface area contributed by atoms with Crippen LogP contribution in [0.4, 0.5) is 10.1 Å². The average molecular weight is 283 g/mol. The third-order valence-electron chi connectivity index (χ3n) is 2.70. The maximum absolute atomic E-state index is 13.2. The van der Waals surface area contributed by atoms with Crippen molar-refractivity contribution in [2.45, 2.75) is 18.7 Å². The molecule has 0 atom stereocenters. The van der Waals surface area contributed by atoms with Gasteiger partial charge in [0.15, 0.2) is 0 Å². The van der Waals surface area contributed by atoms with Gasteiger partial charge in [-0.25, -0.2) is 12.8 Å². The Morgan fingerprint density at radius 3 is 2.58 bits per heavy atom. The maximum atomic E-state index is 13.2. The van der Waals surface area contributed by atoms with Gasteiger partial charge in [-0.1, -0.05) is 6.07 Å². The Morgan fingerprint density at radius 2 is 2.00 bits per heavy atom. The zero-order valence-corrected chi connectivity index (χ0v) is 11.6. The van der Waals surface area contributed by atoms with Crippen molar-refractivity contribution in [1.29, 1.82) is 0 Å². The zero-order chi connectivity index (χ0) is 14.2. The van der Waals surface area contributed by atoms with E-state index < -0.39 is 15.8 Å². The van der Waals surface area contributed by atoms with Crippen LogP contribution in [-0.2, 0) is 17.1 Å². The first-order valence-electron chi connectivity index (χ1n) is 5.59. The van der Waals surface area contributed by atoms with E-state index in [0.717, 1.165) is 6.07 Å². The number of aromatic nitrogens is 2. The molecule has 0 spiro atoms. The van der Waals surface area contributed by atoms with E-state index >= 15 is 0 Å². The summed E-state index contributed by atoms with van der Waals surface area (Å²) >= 11 is 0. The normalized spacial score (nSPS) is 11.6. The summed E-state index contributed by atoms with van der Waals surface area (Å²) in [6.07, 6.45) is 1.41. The molecular weight excluding hydrogens is 269 g/mol. The van der Waals surface area contributed by atoms with Gasteiger partial charge in [-0.3, -0.25) is 9.40 Å². The number of nitrogens with zero attached hydrogens (tertiary/aromatic N) is 2. The summed E-state index contributed by atoms with van der Waals surface area (Å²) in [5.74, 6) is -0.494. The van der Waals surface area contributed by atoms with Crippen LogP contribution in [0.3, 0.4) is 0 Å². The molecule has 0 amide bonds. The fourth-order valence-electron chi connectivity index (χ4n) is 1.75. The number of sulfonamides is 1. The van der Waals surface area contributed by atoms with Gasteiger partial charge in [0.05, 0.1) is 11.4 Å². The summed E-state index contributed by atoms with van der Waals surface area (Å²) in [5.41, 5.74) is 1.26. The first-order valence-corrected chi connectivity index (χ1v) is 7.07. The van der Waals surface area contributed by atoms with Crippen molar-refractivity contribution in [3.8, 4) is 0 Å². The van der Waals surface area contributed by atoms with Gasteiger partial charge in [0.2, 0.25) is 0 Å². The molecule has 1 N–H and O–H groups in total. The molecule has 1 aromatic carbocycles. The molecule has 0 radical (unpaired) electrons. The van der Waals surface area contributed by atoms with Gasteiger partial charge in [-0.2, -0.15) is 5.10 Å². The van der Waals surface area contributed by atoms with E-state index in [4.69, 9.17) is 0 Å². The largest absolute Gasteiger partial charge is 0.279 e. The van der Waals surface area contributed by atoms with Crippen LogP contribution < -0.4 is 4.72 Å². The monoisotopic (exact) mass is 283 g/mol. The van der Waals surface area contributed by atoms with Gasteiger partial charge in [0, 0.05) is 13.2 Å². The van der Waals surface area contributed by atoms with Crippen molar-refractivity contribution in [3.63, 3.8) is 0 Å². The molecule has 2 rings (SSSR count). The highest BCUT2D eigenvalue weighted by molar-refractivity contribution is 7.92. The minimum Gasteiger partial charge on any atom is -0.279 e. The number of anilines is 1. The molecule has 102 valence electrons. The molecule has 0 bridgehead atoms. The summed E-state index contributed by atoms with van der Waals surface area (Å²) < 4.78 is 41.4. The topological polar surface area (TPSA) is 64.0 Å². The van der Waals surface area contributed by atoms with Crippen molar-refractivity contribution in [3.05, 3.63) is 41.5 Å². The van der Waals surface area contributed by atoms with Gasteiger partial charge in [-0.05, 0) is 31.5 Å². The fourth-order valence-corrected chi connectivity index (χ4v) is 3.09. The van der Waals surface area contributed by atoms with Crippen LogP contribution in [-0.4, -0.2) is 18.2 Å². The van der Waals surface area contributed by atoms with E-state index in [9.17, 15) is 12.8 Å². The Balaban J connectivity index is 2.42. The van der Waals surface area contributed by atoms with Gasteiger partial charge in [0.25, 0.3) is 10.0 Å². The predicted molar refractivity (Wildman–Crippen MR) is 69.9 cm³/mol. The van der Waals surface area contributed by atoms with Gasteiger partial charge >= 0.3 is 0 Å². The second kappa shape index (κ2) is 4.65. The summed E-state index contributed by atoms with van der Waals surface area (Å²) in [6, 6.07) is 3.95. The van der Waals surface area contributed by atoms with E-state index in [1.807, 2.05) is 0 Å². The lowest BCUT2D eigenvalue weighted by atomic mass is 10.2. The van der Waals surface area contributed by atoms with E-state index in [1.54, 1.807) is 20.9 Å². The molecule has 0 aliphatic carbocycles. The minimum absolute atomic E-state index is 0.0821. The van der Waals surface area contributed by atoms with E-state index in [-0.39, 0.29) is 10.6 Å². The molecule has 0 saturated carbocycles. The fraction of sp³-hybridized carbons (Fsp3) is 0.250. The van der Waals surface area contributed by atoms with Crippen LogP contribution in [0, 0.1) is 19.7 Å². The number of benzene rings is 1. The number of hydrogen-bond donors (Lipinski definition) is 1. The molecule has 2 aromatic rings. The Hall–Kier alpha value is -1.89. The molecule has 0 unspecified atom stereocenters. The molecular formula is C12H14FN3O2S. The minimum atomic E-state index is -3.76. The molecule has 0 saturated heterocycles. The number of nitrogens with one attached hydrogen (secondary N) is 1. The lowest BCUT2D eigenvalue weighted by Crippen LogP contribution is -2.14. The molecule has 0 aliphatic heterocycles. The Bertz CT molecular complexity index is 723. The summed E-state index contributed by atoms with van der Waals surface area (Å²) in [7, 11) is -2.12. The van der Waals surface area contributed by atoms with Gasteiger partial charge in [0.1, 0.15) is 10.7 Å². The Kier molecular flexibility index (Phi) is 3.32. The smallest absolute Gasteiger partial charge is 0.265 e. The van der Waals surface area contributed by atoms with Crippen LogP contribution in [0.5, 0.6) is 0 Å². The lowest BCUT2D eigenvalue weighted by Gasteiger charge is -2.09. The standard InChI is InChI=1S/C12H14FN3O2S/c1-8-4-5-10(13)6-11(8)15-19(17,18)12-7-16(3)14-9(12)2/h4-7,15H,1-3H3. The molecule has 0 fully saturated rings. The van der Waals surface area contributed by atoms with Crippen molar-refractivity contribution in [2.75, 3.05) is 4.72 Å². The lowest BCUT2D eigenvalue weighted by molar-refractivity contribution is 0.600. The molecule has 1 aromatic heterocycles. The van der Waals surface area contributed by atoms with E-state index in [2.05, 4.69) is 9.82 Å². The number of rotatable bonds is 3. The summed E-state index contributed by atoms with van der Waals surface area (Å²) in [5, 5.41) is 3.98. The maximum Gasteiger partial charge on any atom is 0.265 e. The number of hydrogen-bond acceptors (Lipinski definition) is 3. The highest BCUT2D eigenvalue weighted by atomic mass is 32.2. The summed E-state index contributed by atoms with van der Waals surface area (Å²) in [6.45, 7) is 3.31. The molecule has 19 heavy (non-hydrogen) atoms. The highest BCUT2D eigenvalue weighted by Gasteiger charge is 2.20. The Labute approximate surface area is 111 Å². The van der Waals surface area contributed by atoms with Crippen molar-refractivity contribution in [2.24, 2.45) is 7.05 Å². The van der Waals surface area contributed by atoms with Crippen molar-refractivity contribution >= 4 is 15.7 Å². The highest BCUT2D eigenvalue weighted by Crippen LogP contribution is 2.21. The third-order valence-corrected chi connectivity index (χ3v) is 4.17. The second-order valence-electron chi connectivity index (χ2n) is 4.32. The molecule has 0 aliphatic rings. The van der Waals surface area contributed by atoms with Crippen LogP contribution >= 0.6 is 0 Å². The van der Waals surface area contributed by atoms with Crippen LogP contribution in [0.2, 0.25) is 0 Å². The average Bonchev–Trinajstić information content (AvgIpc) is 2.63. The van der Waals surface area contributed by atoms with Crippen LogP contribution in [0.25, 0.3) is 0 Å². The molecule has 5 nitrogen and oxygen atoms in total. The van der Waals surface area contributed by atoms with E-state index in [1.165, 1.54) is 23.0 Å². The number of halogens is 1. The first kappa shape index (κ1) is 13.5. The van der Waals surface area contributed by atoms with Crippen molar-refractivity contribution < 1.29 is 12.8 Å². The Morgan fingerprint density at radius 1 is 1.32 bits per heavy atom. The third kappa shape index (κ3) is 2.76. The van der Waals surface area contributed by atoms with Gasteiger partial charge in [-0.15, -0.1) is 0 Å². The quantitative estimate of drug-likeness (QED) is 0.936. The predicted octanol–water partition coefficient (Wildman–Crippen LogP) is 1.98. The molecule has 7 heteroatoms. The SMILES string of the molecule is Cc1ccc(F)cc1NS(=O)(=O)c1cn(C)nc1C. The summed E-state index contributed by atoms with van der Waals surface area (Å²) in [4.78, 5) is 0.0821. The van der Waals surface area contributed by atoms with Crippen LogP contribution in [0.1, 0.15) is 11.3 Å². The van der Waals surface area contributed by atoms with E-state index in [0.29, 0.717) is 11.3 Å². The van der Waals surface area contributed by atoms with Gasteiger partial charge < -0.3 is 0 Å². The van der Waals surface area contributed by atoms with Crippen LogP contribution in [0.15, 0.2) is 29.3 Å². The first-order chi connectivity index (χ1) is 8.79. The number of aryl methyl sites for hydroxylation is 3. The van der Waals surface area contributed by atoms with Crippen molar-refractivity contribution in [1.82, 2.24) is 9.78 Å².